The van der Waals surface area contributed by atoms with E-state index in [9.17, 15) is 5.11 Å². The smallest absolute Gasteiger partial charge is 0.0898 e. The Morgan fingerprint density at radius 2 is 1.84 bits per heavy atom. The minimum Gasteiger partial charge on any atom is -0.389 e. The Morgan fingerprint density at radius 1 is 1.16 bits per heavy atom. The molecule has 0 bridgehead atoms. The van der Waals surface area contributed by atoms with Crippen LogP contribution in [0.3, 0.4) is 0 Å². The quantitative estimate of drug-likeness (QED) is 0.721. The molecular weight excluding hydrogens is 238 g/mol. The minimum absolute atomic E-state index is 0.0689. The Morgan fingerprint density at radius 3 is 2.42 bits per heavy atom. The highest BCUT2D eigenvalue weighted by Crippen LogP contribution is 2.20. The Labute approximate surface area is 117 Å². The van der Waals surface area contributed by atoms with Gasteiger partial charge >= 0.3 is 0 Å². The van der Waals surface area contributed by atoms with Crippen molar-refractivity contribution in [1.82, 2.24) is 5.32 Å². The van der Waals surface area contributed by atoms with Gasteiger partial charge in [0.15, 0.2) is 0 Å². The summed E-state index contributed by atoms with van der Waals surface area (Å²) >= 11 is 0. The van der Waals surface area contributed by atoms with E-state index in [4.69, 9.17) is 4.74 Å². The van der Waals surface area contributed by atoms with Crippen LogP contribution in [-0.2, 0) is 4.74 Å². The van der Waals surface area contributed by atoms with Gasteiger partial charge in [-0.05, 0) is 25.3 Å². The van der Waals surface area contributed by atoms with Gasteiger partial charge in [0.2, 0.25) is 0 Å². The van der Waals surface area contributed by atoms with E-state index >= 15 is 0 Å². The zero-order valence-corrected chi connectivity index (χ0v) is 12.3. The summed E-state index contributed by atoms with van der Waals surface area (Å²) in [6.45, 7) is 7.30. The van der Waals surface area contributed by atoms with E-state index in [1.54, 1.807) is 0 Å². The van der Waals surface area contributed by atoms with Crippen molar-refractivity contribution in [3.8, 4) is 0 Å². The molecule has 0 aliphatic carbocycles. The lowest BCUT2D eigenvalue weighted by atomic mass is 10.1. The van der Waals surface area contributed by atoms with Crippen LogP contribution >= 0.6 is 0 Å². The first-order chi connectivity index (χ1) is 9.17. The van der Waals surface area contributed by atoms with Crippen molar-refractivity contribution < 1.29 is 9.84 Å². The highest BCUT2D eigenvalue weighted by atomic mass is 16.5. The van der Waals surface area contributed by atoms with Crippen LogP contribution in [0.25, 0.3) is 0 Å². The van der Waals surface area contributed by atoms with Crippen molar-refractivity contribution in [2.45, 2.75) is 51.9 Å². The topological polar surface area (TPSA) is 41.5 Å². The maximum atomic E-state index is 9.90. The van der Waals surface area contributed by atoms with Crippen molar-refractivity contribution in [3.05, 3.63) is 35.9 Å². The molecule has 3 nitrogen and oxygen atoms in total. The molecule has 3 heteroatoms. The van der Waals surface area contributed by atoms with Crippen LogP contribution in [0.1, 0.15) is 45.3 Å². The summed E-state index contributed by atoms with van der Waals surface area (Å²) in [6.07, 6.45) is 1.59. The fourth-order valence-corrected chi connectivity index (χ4v) is 1.89. The summed E-state index contributed by atoms with van der Waals surface area (Å²) in [5.74, 6) is 0. The minimum atomic E-state index is -0.452. The molecule has 1 aromatic rings. The highest BCUT2D eigenvalue weighted by Gasteiger charge is 2.12. The predicted octanol–water partition coefficient (Wildman–Crippen LogP) is 2.90. The average molecular weight is 265 g/mol. The van der Waals surface area contributed by atoms with Crippen LogP contribution < -0.4 is 5.32 Å². The molecule has 2 N–H and O–H groups in total. The predicted molar refractivity (Wildman–Crippen MR) is 79.2 cm³/mol. The molecule has 0 saturated carbocycles. The SMILES string of the molecule is CC[C@@H](C)NC[C@H](O)CO[C@@H](CC)c1ccccc1. The number of nitrogens with one attached hydrogen (secondary N) is 1. The second-order valence-corrected chi connectivity index (χ2v) is 5.01. The zero-order valence-electron chi connectivity index (χ0n) is 12.3. The molecule has 0 aliphatic rings. The molecule has 0 aliphatic heterocycles. The van der Waals surface area contributed by atoms with Gasteiger partial charge in [0, 0.05) is 12.6 Å². The molecule has 0 unspecified atom stereocenters. The van der Waals surface area contributed by atoms with E-state index in [0.29, 0.717) is 19.2 Å². The van der Waals surface area contributed by atoms with Gasteiger partial charge in [-0.15, -0.1) is 0 Å². The lowest BCUT2D eigenvalue weighted by Crippen LogP contribution is -2.35. The molecule has 108 valence electrons. The van der Waals surface area contributed by atoms with Crippen LogP contribution in [0.2, 0.25) is 0 Å². The lowest BCUT2D eigenvalue weighted by molar-refractivity contribution is -0.0120. The van der Waals surface area contributed by atoms with E-state index in [2.05, 4.69) is 38.2 Å². The second kappa shape index (κ2) is 9.08. The molecule has 3 atom stereocenters. The van der Waals surface area contributed by atoms with E-state index in [-0.39, 0.29) is 6.10 Å². The Hall–Kier alpha value is -0.900. The Bertz CT molecular complexity index is 329. The summed E-state index contributed by atoms with van der Waals surface area (Å²) in [5, 5.41) is 13.2. The van der Waals surface area contributed by atoms with Gasteiger partial charge in [-0.1, -0.05) is 44.2 Å². The first-order valence-electron chi connectivity index (χ1n) is 7.25. The average Bonchev–Trinajstić information content (AvgIpc) is 2.46. The van der Waals surface area contributed by atoms with Crippen LogP contribution in [0.15, 0.2) is 30.3 Å². The van der Waals surface area contributed by atoms with Gasteiger partial charge in [0.1, 0.15) is 0 Å². The number of benzene rings is 1. The number of hydrogen-bond donors (Lipinski definition) is 2. The van der Waals surface area contributed by atoms with Crippen LogP contribution in [0.5, 0.6) is 0 Å². The highest BCUT2D eigenvalue weighted by molar-refractivity contribution is 5.17. The monoisotopic (exact) mass is 265 g/mol. The van der Waals surface area contributed by atoms with Gasteiger partial charge in [0.05, 0.1) is 18.8 Å². The largest absolute Gasteiger partial charge is 0.389 e. The number of rotatable bonds is 9. The third-order valence-corrected chi connectivity index (χ3v) is 3.35. The second-order valence-electron chi connectivity index (χ2n) is 5.01. The number of ether oxygens (including phenoxy) is 1. The maximum Gasteiger partial charge on any atom is 0.0898 e. The summed E-state index contributed by atoms with van der Waals surface area (Å²) < 4.78 is 5.82. The van der Waals surface area contributed by atoms with E-state index in [0.717, 1.165) is 12.8 Å². The molecule has 1 rings (SSSR count). The van der Waals surface area contributed by atoms with Gasteiger partial charge in [-0.3, -0.25) is 0 Å². The summed E-state index contributed by atoms with van der Waals surface area (Å²) in [6, 6.07) is 10.6. The molecule has 0 amide bonds. The maximum absolute atomic E-state index is 9.90. The normalized spacial score (nSPS) is 16.0. The van der Waals surface area contributed by atoms with Crippen molar-refractivity contribution >= 4 is 0 Å². The van der Waals surface area contributed by atoms with Crippen molar-refractivity contribution in [1.29, 1.82) is 0 Å². The third kappa shape index (κ3) is 6.19. The summed E-state index contributed by atoms with van der Waals surface area (Å²) in [5.41, 5.74) is 1.17. The van der Waals surface area contributed by atoms with Gasteiger partial charge in [-0.2, -0.15) is 0 Å². The molecule has 0 spiro atoms. The molecule has 0 heterocycles. The van der Waals surface area contributed by atoms with Crippen molar-refractivity contribution in [3.63, 3.8) is 0 Å². The Kier molecular flexibility index (Phi) is 7.72. The fourth-order valence-electron chi connectivity index (χ4n) is 1.89. The Balaban J connectivity index is 2.33. The number of aliphatic hydroxyl groups excluding tert-OH is 1. The molecule has 0 saturated heterocycles. The summed E-state index contributed by atoms with van der Waals surface area (Å²) in [7, 11) is 0. The van der Waals surface area contributed by atoms with E-state index in [1.807, 2.05) is 18.2 Å². The van der Waals surface area contributed by atoms with Gasteiger partial charge < -0.3 is 15.2 Å². The van der Waals surface area contributed by atoms with Crippen LogP contribution in [0.4, 0.5) is 0 Å². The summed E-state index contributed by atoms with van der Waals surface area (Å²) in [4.78, 5) is 0. The first kappa shape index (κ1) is 16.2. The number of aliphatic hydroxyl groups is 1. The standard InChI is InChI=1S/C16H27NO2/c1-4-13(3)17-11-15(18)12-19-16(5-2)14-9-7-6-8-10-14/h6-10,13,15-18H,4-5,11-12H2,1-3H3/t13-,15+,16+/m1/s1. The third-order valence-electron chi connectivity index (χ3n) is 3.35. The van der Waals surface area contributed by atoms with E-state index in [1.165, 1.54) is 5.56 Å². The lowest BCUT2D eigenvalue weighted by Gasteiger charge is -2.20. The molecule has 0 radical (unpaired) electrons. The van der Waals surface area contributed by atoms with Crippen LogP contribution in [-0.4, -0.2) is 30.4 Å². The van der Waals surface area contributed by atoms with Crippen molar-refractivity contribution in [2.24, 2.45) is 0 Å². The molecule has 0 aromatic heterocycles. The molecule has 19 heavy (non-hydrogen) atoms. The first-order valence-corrected chi connectivity index (χ1v) is 7.25. The van der Waals surface area contributed by atoms with E-state index < -0.39 is 6.10 Å². The van der Waals surface area contributed by atoms with Crippen LogP contribution in [0, 0.1) is 0 Å². The number of hydrogen-bond acceptors (Lipinski definition) is 3. The molecular formula is C16H27NO2. The van der Waals surface area contributed by atoms with Gasteiger partial charge in [-0.25, -0.2) is 0 Å². The fraction of sp³-hybridized carbons (Fsp3) is 0.625. The zero-order chi connectivity index (χ0) is 14.1. The molecule has 1 aromatic carbocycles. The molecule has 0 fully saturated rings. The van der Waals surface area contributed by atoms with Gasteiger partial charge in [0.25, 0.3) is 0 Å². The van der Waals surface area contributed by atoms with Crippen molar-refractivity contribution in [2.75, 3.05) is 13.2 Å².